The molecular formula is C17H24N4O3S. The van der Waals surface area contributed by atoms with Crippen LogP contribution in [-0.2, 0) is 21.5 Å². The van der Waals surface area contributed by atoms with E-state index in [1.54, 1.807) is 13.2 Å². The lowest BCUT2D eigenvalue weighted by Crippen LogP contribution is -2.23. The molecule has 2 aromatic rings. The van der Waals surface area contributed by atoms with Crippen LogP contribution in [-0.4, -0.2) is 40.2 Å². The van der Waals surface area contributed by atoms with E-state index in [0.29, 0.717) is 23.8 Å². The molecule has 2 rings (SSSR count). The maximum Gasteiger partial charge on any atom is 0.298 e. The van der Waals surface area contributed by atoms with E-state index in [4.69, 9.17) is 4.74 Å². The minimum atomic E-state index is -0.705. The third-order valence-electron chi connectivity index (χ3n) is 3.83. The number of amides is 1. The average Bonchev–Trinajstić information content (AvgIpc) is 3.10. The van der Waals surface area contributed by atoms with Crippen molar-refractivity contribution in [3.8, 4) is 0 Å². The molecule has 7 nitrogen and oxygen atoms in total. The zero-order valence-corrected chi connectivity index (χ0v) is 16.3. The Morgan fingerprint density at radius 1 is 1.28 bits per heavy atom. The number of aromatic nitrogens is 3. The summed E-state index contributed by atoms with van der Waals surface area (Å²) in [5.74, 6) is -1.28. The smallest absolute Gasteiger partial charge is 0.298 e. The molecule has 0 fully saturated rings. The second-order valence-corrected chi connectivity index (χ2v) is 7.85. The summed E-state index contributed by atoms with van der Waals surface area (Å²) >= 11 is 1.28. The molecule has 136 valence electrons. The maximum atomic E-state index is 12.5. The lowest BCUT2D eigenvalue weighted by atomic mass is 9.98. The summed E-state index contributed by atoms with van der Waals surface area (Å²) in [6, 6.07) is 1.73. The molecule has 2 aromatic heterocycles. The van der Waals surface area contributed by atoms with Crippen LogP contribution in [0.15, 0.2) is 6.07 Å². The van der Waals surface area contributed by atoms with E-state index in [0.717, 1.165) is 16.4 Å². The molecule has 0 aliphatic heterocycles. The number of nitrogens with one attached hydrogen (secondary N) is 1. The zero-order chi connectivity index (χ0) is 18.8. The summed E-state index contributed by atoms with van der Waals surface area (Å²) in [6.07, 6.45) is 0. The molecule has 0 aliphatic carbocycles. The van der Waals surface area contributed by atoms with Gasteiger partial charge in [-0.25, -0.2) is 0 Å². The number of rotatable bonds is 6. The number of carbonyl (C=O) groups is 2. The first-order valence-electron chi connectivity index (χ1n) is 8.00. The van der Waals surface area contributed by atoms with Gasteiger partial charge in [-0.2, -0.15) is 0 Å². The van der Waals surface area contributed by atoms with E-state index in [2.05, 4.69) is 15.5 Å². The quantitative estimate of drug-likeness (QED) is 0.629. The predicted molar refractivity (Wildman–Crippen MR) is 97.4 cm³/mol. The molecule has 0 unspecified atom stereocenters. The Hall–Kier alpha value is -2.06. The number of carbonyl (C=O) groups excluding carboxylic acids is 2. The van der Waals surface area contributed by atoms with Crippen LogP contribution in [0.5, 0.6) is 0 Å². The second kappa shape index (κ2) is 7.45. The molecule has 2 heterocycles. The molecule has 0 saturated heterocycles. The number of Topliss-reactive ketones (excluding diaryl/α,β-unsaturated/α-hetero) is 1. The molecular weight excluding hydrogens is 340 g/mol. The Balaban J connectivity index is 2.15. The molecule has 8 heteroatoms. The summed E-state index contributed by atoms with van der Waals surface area (Å²) in [5.41, 5.74) is 1.90. The van der Waals surface area contributed by atoms with Crippen LogP contribution >= 0.6 is 11.3 Å². The standard InChI is InChI=1S/C17H24N4O3S/c1-10-9-12(11(2)21(10)7-8-24-6)13(22)14(23)18-16-20-19-15(25-16)17(3,4)5/h9H,7-8H2,1-6H3,(H,18,20,23). The second-order valence-electron chi connectivity index (χ2n) is 6.87. The number of ether oxygens (including phenoxy) is 1. The minimum absolute atomic E-state index is 0.156. The third-order valence-corrected chi connectivity index (χ3v) is 5.10. The van der Waals surface area contributed by atoms with Crippen molar-refractivity contribution in [1.82, 2.24) is 14.8 Å². The number of aryl methyl sites for hydroxylation is 1. The largest absolute Gasteiger partial charge is 0.383 e. The van der Waals surface area contributed by atoms with Gasteiger partial charge in [-0.05, 0) is 19.9 Å². The topological polar surface area (TPSA) is 86.1 Å². The van der Waals surface area contributed by atoms with Crippen molar-refractivity contribution in [2.75, 3.05) is 19.0 Å². The lowest BCUT2D eigenvalue weighted by molar-refractivity contribution is -0.112. The molecule has 0 spiro atoms. The highest BCUT2D eigenvalue weighted by Crippen LogP contribution is 2.27. The van der Waals surface area contributed by atoms with Crippen molar-refractivity contribution < 1.29 is 14.3 Å². The van der Waals surface area contributed by atoms with E-state index < -0.39 is 11.7 Å². The monoisotopic (exact) mass is 364 g/mol. The summed E-state index contributed by atoms with van der Waals surface area (Å²) in [7, 11) is 1.63. The van der Waals surface area contributed by atoms with Gasteiger partial charge in [-0.15, -0.1) is 10.2 Å². The molecule has 0 aromatic carbocycles. The number of nitrogens with zero attached hydrogens (tertiary/aromatic N) is 3. The van der Waals surface area contributed by atoms with Crippen molar-refractivity contribution >= 4 is 28.2 Å². The van der Waals surface area contributed by atoms with Gasteiger partial charge in [0.2, 0.25) is 5.13 Å². The summed E-state index contributed by atoms with van der Waals surface area (Å²) < 4.78 is 7.05. The minimum Gasteiger partial charge on any atom is -0.383 e. The fourth-order valence-corrected chi connectivity index (χ4v) is 3.21. The average molecular weight is 364 g/mol. The molecule has 0 atom stereocenters. The highest BCUT2D eigenvalue weighted by Gasteiger charge is 2.24. The van der Waals surface area contributed by atoms with Gasteiger partial charge in [-0.1, -0.05) is 32.1 Å². The van der Waals surface area contributed by atoms with Gasteiger partial charge in [0.05, 0.1) is 6.61 Å². The Kier molecular flexibility index (Phi) is 5.74. The summed E-state index contributed by atoms with van der Waals surface area (Å²) in [6.45, 7) is 10.9. The first kappa shape index (κ1) is 19.3. The number of ketones is 1. The van der Waals surface area contributed by atoms with E-state index in [1.165, 1.54) is 11.3 Å². The molecule has 0 bridgehead atoms. The summed E-state index contributed by atoms with van der Waals surface area (Å²) in [5, 5.41) is 11.7. The van der Waals surface area contributed by atoms with E-state index in [9.17, 15) is 9.59 Å². The molecule has 1 amide bonds. The van der Waals surface area contributed by atoms with Crippen LogP contribution in [0, 0.1) is 13.8 Å². The SMILES string of the molecule is COCCn1c(C)cc(C(=O)C(=O)Nc2nnc(C(C)(C)C)s2)c1C. The fourth-order valence-electron chi connectivity index (χ4n) is 2.41. The van der Waals surface area contributed by atoms with E-state index in [-0.39, 0.29) is 5.41 Å². The molecule has 0 saturated carbocycles. The normalized spacial score (nSPS) is 11.6. The van der Waals surface area contributed by atoms with E-state index >= 15 is 0 Å². The van der Waals surface area contributed by atoms with Crippen molar-refractivity contribution in [2.45, 2.75) is 46.6 Å². The zero-order valence-electron chi connectivity index (χ0n) is 15.5. The number of hydrogen-bond acceptors (Lipinski definition) is 6. The van der Waals surface area contributed by atoms with Crippen molar-refractivity contribution in [3.63, 3.8) is 0 Å². The third kappa shape index (κ3) is 4.32. The van der Waals surface area contributed by atoms with Gasteiger partial charge in [0.25, 0.3) is 11.7 Å². The number of hydrogen-bond donors (Lipinski definition) is 1. The highest BCUT2D eigenvalue weighted by atomic mass is 32.1. The Morgan fingerprint density at radius 3 is 2.52 bits per heavy atom. The molecule has 0 radical (unpaired) electrons. The van der Waals surface area contributed by atoms with Gasteiger partial charge in [0, 0.05) is 36.0 Å². The molecule has 1 N–H and O–H groups in total. The highest BCUT2D eigenvalue weighted by molar-refractivity contribution is 7.15. The van der Waals surface area contributed by atoms with Gasteiger partial charge >= 0.3 is 0 Å². The van der Waals surface area contributed by atoms with Crippen molar-refractivity contribution in [1.29, 1.82) is 0 Å². The van der Waals surface area contributed by atoms with Crippen LogP contribution in [0.4, 0.5) is 5.13 Å². The Labute approximate surface area is 151 Å². The molecule has 0 aliphatic rings. The van der Waals surface area contributed by atoms with Crippen molar-refractivity contribution in [2.24, 2.45) is 0 Å². The summed E-state index contributed by atoms with van der Waals surface area (Å²) in [4.78, 5) is 24.8. The van der Waals surface area contributed by atoms with Crippen LogP contribution in [0.2, 0.25) is 0 Å². The number of anilines is 1. The van der Waals surface area contributed by atoms with Crippen molar-refractivity contribution in [3.05, 3.63) is 28.0 Å². The van der Waals surface area contributed by atoms with Gasteiger partial charge < -0.3 is 9.30 Å². The maximum absolute atomic E-state index is 12.5. The molecule has 25 heavy (non-hydrogen) atoms. The van der Waals surface area contributed by atoms with Crippen LogP contribution < -0.4 is 5.32 Å². The first-order chi connectivity index (χ1) is 11.6. The first-order valence-corrected chi connectivity index (χ1v) is 8.82. The fraction of sp³-hybridized carbons (Fsp3) is 0.529. The predicted octanol–water partition coefficient (Wildman–Crippen LogP) is 2.72. The van der Waals surface area contributed by atoms with Crippen LogP contribution in [0.25, 0.3) is 0 Å². The Morgan fingerprint density at radius 2 is 1.96 bits per heavy atom. The van der Waals surface area contributed by atoms with Crippen LogP contribution in [0.3, 0.4) is 0 Å². The van der Waals surface area contributed by atoms with E-state index in [1.807, 2.05) is 39.2 Å². The van der Waals surface area contributed by atoms with Gasteiger partial charge in [-0.3, -0.25) is 14.9 Å². The van der Waals surface area contributed by atoms with Gasteiger partial charge in [0.1, 0.15) is 5.01 Å². The van der Waals surface area contributed by atoms with Crippen LogP contribution in [0.1, 0.15) is 47.5 Å². The Bertz CT molecular complexity index is 786. The van der Waals surface area contributed by atoms with Gasteiger partial charge in [0.15, 0.2) is 0 Å². The lowest BCUT2D eigenvalue weighted by Gasteiger charge is -2.12. The number of methoxy groups -OCH3 is 1.